The molecule has 0 heterocycles. The van der Waals surface area contributed by atoms with Gasteiger partial charge in [0.2, 0.25) is 0 Å². The average molecular weight is 355 g/mol. The minimum Gasteiger partial charge on any atom is -0.453 e. The highest BCUT2D eigenvalue weighted by atomic mass is 79.9. The van der Waals surface area contributed by atoms with E-state index in [0.29, 0.717) is 10.0 Å². The summed E-state index contributed by atoms with van der Waals surface area (Å²) in [5.41, 5.74) is 6.17. The molecule has 1 atom stereocenters. The zero-order valence-electron chi connectivity index (χ0n) is 11.0. The molecule has 2 aromatic rings. The highest BCUT2D eigenvalue weighted by Gasteiger charge is 2.14. The monoisotopic (exact) mass is 354 g/mol. The fraction of sp³-hybridized carbons (Fsp3) is 0.143. The van der Waals surface area contributed by atoms with Crippen molar-refractivity contribution in [3.8, 4) is 11.5 Å². The van der Waals surface area contributed by atoms with Gasteiger partial charge in [-0.2, -0.15) is 0 Å². The molecule has 0 unspecified atom stereocenters. The van der Waals surface area contributed by atoms with E-state index in [1.54, 1.807) is 13.0 Å². The third kappa shape index (κ3) is 3.56. The van der Waals surface area contributed by atoms with Gasteiger partial charge in [-0.3, -0.25) is 10.1 Å². The van der Waals surface area contributed by atoms with Crippen LogP contribution in [0.2, 0.25) is 0 Å². The van der Waals surface area contributed by atoms with Gasteiger partial charge in [-0.25, -0.2) is 4.39 Å². The largest absolute Gasteiger partial charge is 0.453 e. The summed E-state index contributed by atoms with van der Waals surface area (Å²) in [6.45, 7) is 1.74. The average Bonchev–Trinajstić information content (AvgIpc) is 2.42. The first-order chi connectivity index (χ1) is 9.88. The van der Waals surface area contributed by atoms with E-state index >= 15 is 0 Å². The van der Waals surface area contributed by atoms with Crippen molar-refractivity contribution >= 4 is 21.6 Å². The first kappa shape index (κ1) is 15.4. The second kappa shape index (κ2) is 6.19. The number of nitrogens with zero attached hydrogens (tertiary/aromatic N) is 1. The summed E-state index contributed by atoms with van der Waals surface area (Å²) < 4.78 is 19.8. The van der Waals surface area contributed by atoms with Crippen LogP contribution in [0.15, 0.2) is 40.9 Å². The number of nitro benzene ring substituents is 1. The van der Waals surface area contributed by atoms with Crippen LogP contribution in [0.1, 0.15) is 18.5 Å². The van der Waals surface area contributed by atoms with Crippen molar-refractivity contribution in [3.05, 3.63) is 62.4 Å². The number of non-ortho nitro benzene ring substituents is 1. The molecule has 0 radical (unpaired) electrons. The Labute approximate surface area is 128 Å². The molecule has 0 aliphatic carbocycles. The maximum absolute atomic E-state index is 14.0. The van der Waals surface area contributed by atoms with Gasteiger partial charge in [0.1, 0.15) is 5.75 Å². The summed E-state index contributed by atoms with van der Waals surface area (Å²) in [6, 6.07) is 8.11. The molecule has 0 aliphatic rings. The van der Waals surface area contributed by atoms with Gasteiger partial charge < -0.3 is 10.5 Å². The van der Waals surface area contributed by atoms with Crippen LogP contribution in [0.4, 0.5) is 10.1 Å². The third-order valence-corrected chi connectivity index (χ3v) is 3.48. The smallest absolute Gasteiger partial charge is 0.273 e. The highest BCUT2D eigenvalue weighted by Crippen LogP contribution is 2.34. The number of nitro groups is 1. The van der Waals surface area contributed by atoms with Gasteiger partial charge >= 0.3 is 0 Å². The van der Waals surface area contributed by atoms with Crippen LogP contribution in [0.5, 0.6) is 11.5 Å². The lowest BCUT2D eigenvalue weighted by molar-refractivity contribution is -0.384. The van der Waals surface area contributed by atoms with Gasteiger partial charge in [-0.1, -0.05) is 6.07 Å². The molecule has 0 spiro atoms. The summed E-state index contributed by atoms with van der Waals surface area (Å²) in [4.78, 5) is 10.2. The third-order valence-electron chi connectivity index (χ3n) is 2.83. The van der Waals surface area contributed by atoms with Gasteiger partial charge in [0, 0.05) is 12.1 Å². The predicted molar refractivity (Wildman–Crippen MR) is 79.9 cm³/mol. The summed E-state index contributed by atoms with van der Waals surface area (Å²) in [5.74, 6) is -0.444. The summed E-state index contributed by atoms with van der Waals surface area (Å²) in [7, 11) is 0. The minimum atomic E-state index is -0.580. The molecule has 0 bridgehead atoms. The second-order valence-electron chi connectivity index (χ2n) is 4.45. The molecule has 0 amide bonds. The maximum Gasteiger partial charge on any atom is 0.273 e. The Morgan fingerprint density at radius 3 is 2.57 bits per heavy atom. The van der Waals surface area contributed by atoms with E-state index in [-0.39, 0.29) is 23.2 Å². The fourth-order valence-electron chi connectivity index (χ4n) is 1.69. The maximum atomic E-state index is 14.0. The van der Waals surface area contributed by atoms with Crippen molar-refractivity contribution in [1.82, 2.24) is 0 Å². The summed E-state index contributed by atoms with van der Waals surface area (Å²) in [5, 5.41) is 10.8. The molecule has 0 saturated heterocycles. The van der Waals surface area contributed by atoms with Crippen molar-refractivity contribution in [2.45, 2.75) is 13.0 Å². The van der Waals surface area contributed by atoms with E-state index in [9.17, 15) is 14.5 Å². The van der Waals surface area contributed by atoms with Crippen molar-refractivity contribution in [1.29, 1.82) is 0 Å². The molecular weight excluding hydrogens is 343 g/mol. The Morgan fingerprint density at radius 2 is 2.00 bits per heavy atom. The summed E-state index contributed by atoms with van der Waals surface area (Å²) in [6.07, 6.45) is 0. The van der Waals surface area contributed by atoms with Crippen LogP contribution in [-0.4, -0.2) is 4.92 Å². The van der Waals surface area contributed by atoms with Gasteiger partial charge in [0.15, 0.2) is 11.6 Å². The molecule has 0 fully saturated rings. The van der Waals surface area contributed by atoms with E-state index in [0.717, 1.165) is 0 Å². The molecule has 21 heavy (non-hydrogen) atoms. The quantitative estimate of drug-likeness (QED) is 0.655. The molecule has 2 aromatic carbocycles. The van der Waals surface area contributed by atoms with E-state index in [1.165, 1.54) is 30.3 Å². The van der Waals surface area contributed by atoms with Crippen molar-refractivity contribution in [2.24, 2.45) is 5.73 Å². The van der Waals surface area contributed by atoms with Crippen molar-refractivity contribution < 1.29 is 14.1 Å². The second-order valence-corrected chi connectivity index (χ2v) is 5.31. The lowest BCUT2D eigenvalue weighted by Crippen LogP contribution is -2.05. The van der Waals surface area contributed by atoms with Gasteiger partial charge in [-0.05, 0) is 46.6 Å². The number of ether oxygens (including phenoxy) is 1. The van der Waals surface area contributed by atoms with E-state index in [1.807, 2.05) is 0 Å². The molecular formula is C14H12BrFN2O3. The Balaban J connectivity index is 2.34. The fourth-order valence-corrected chi connectivity index (χ4v) is 2.01. The van der Waals surface area contributed by atoms with E-state index in [2.05, 4.69) is 15.9 Å². The molecule has 0 aliphatic heterocycles. The number of benzene rings is 2. The Hall–Kier alpha value is -1.99. The molecule has 2 rings (SSSR count). The van der Waals surface area contributed by atoms with Crippen LogP contribution in [-0.2, 0) is 0 Å². The van der Waals surface area contributed by atoms with Gasteiger partial charge in [0.05, 0.1) is 15.5 Å². The number of rotatable bonds is 4. The van der Waals surface area contributed by atoms with Crippen LogP contribution in [0.3, 0.4) is 0 Å². The van der Waals surface area contributed by atoms with Crippen LogP contribution >= 0.6 is 15.9 Å². The lowest BCUT2D eigenvalue weighted by atomic mass is 10.1. The van der Waals surface area contributed by atoms with E-state index < -0.39 is 10.7 Å². The standard InChI is InChI=1S/C14H12BrFN2O3/c1-8(17)9-2-5-13(12(16)6-9)21-14-7-10(18(19)20)3-4-11(14)15/h2-8H,17H2,1H3/t8-/m1/s1. The van der Waals surface area contributed by atoms with Gasteiger partial charge in [0.25, 0.3) is 5.69 Å². The van der Waals surface area contributed by atoms with E-state index in [4.69, 9.17) is 10.5 Å². The zero-order chi connectivity index (χ0) is 15.6. The van der Waals surface area contributed by atoms with Crippen LogP contribution in [0.25, 0.3) is 0 Å². The number of hydrogen-bond donors (Lipinski definition) is 1. The van der Waals surface area contributed by atoms with Crippen LogP contribution in [0, 0.1) is 15.9 Å². The van der Waals surface area contributed by atoms with Gasteiger partial charge in [-0.15, -0.1) is 0 Å². The molecule has 0 saturated carbocycles. The number of nitrogens with two attached hydrogens (primary N) is 1. The van der Waals surface area contributed by atoms with Crippen molar-refractivity contribution in [2.75, 3.05) is 0 Å². The Morgan fingerprint density at radius 1 is 1.29 bits per heavy atom. The molecule has 2 N–H and O–H groups in total. The normalized spacial score (nSPS) is 12.0. The first-order valence-corrected chi connectivity index (χ1v) is 6.84. The molecule has 7 heteroatoms. The van der Waals surface area contributed by atoms with Crippen LogP contribution < -0.4 is 10.5 Å². The SMILES string of the molecule is C[C@@H](N)c1ccc(Oc2cc([N+](=O)[O-])ccc2Br)c(F)c1. The topological polar surface area (TPSA) is 78.4 Å². The first-order valence-electron chi connectivity index (χ1n) is 6.05. The minimum absolute atomic E-state index is 0.0272. The Bertz CT molecular complexity index is 692. The lowest BCUT2D eigenvalue weighted by Gasteiger charge is -2.11. The predicted octanol–water partition coefficient (Wildman–Crippen LogP) is 4.31. The molecule has 110 valence electrons. The summed E-state index contributed by atoms with van der Waals surface area (Å²) >= 11 is 3.21. The Kier molecular flexibility index (Phi) is 4.54. The number of hydrogen-bond acceptors (Lipinski definition) is 4. The molecule has 5 nitrogen and oxygen atoms in total. The van der Waals surface area contributed by atoms with Crippen molar-refractivity contribution in [3.63, 3.8) is 0 Å². The number of halogens is 2. The highest BCUT2D eigenvalue weighted by molar-refractivity contribution is 9.10. The molecule has 0 aromatic heterocycles. The zero-order valence-corrected chi connectivity index (χ0v) is 12.6.